The maximum Gasteiger partial charge on any atom is 0.315 e. The van der Waals surface area contributed by atoms with Gasteiger partial charge in [0.05, 0.1) is 17.6 Å². The van der Waals surface area contributed by atoms with Crippen LogP contribution in [-0.2, 0) is 20.0 Å². The number of aromatic nitrogens is 4. The molecular formula is C14H16ClN5O. The molecule has 0 atom stereocenters. The first kappa shape index (κ1) is 13.9. The standard InChI is InChI=1S/C14H16ClN5O/c1-3-4-13-18-19-14(21-13)16-8-12-17-10-7-9(15)5-6-11(10)20(12)2/h5-7H,3-4,8H2,1-2H3,(H,16,19). The molecule has 2 heterocycles. The highest BCUT2D eigenvalue weighted by molar-refractivity contribution is 6.31. The van der Waals surface area contributed by atoms with Crippen molar-refractivity contribution in [2.45, 2.75) is 26.3 Å². The third kappa shape index (κ3) is 2.85. The van der Waals surface area contributed by atoms with Crippen molar-refractivity contribution in [1.82, 2.24) is 19.7 Å². The van der Waals surface area contributed by atoms with Crippen molar-refractivity contribution in [3.63, 3.8) is 0 Å². The Hall–Kier alpha value is -2.08. The van der Waals surface area contributed by atoms with E-state index in [9.17, 15) is 0 Å². The van der Waals surface area contributed by atoms with Crippen LogP contribution in [0.3, 0.4) is 0 Å². The number of nitrogens with one attached hydrogen (secondary N) is 1. The van der Waals surface area contributed by atoms with Crippen LogP contribution in [-0.4, -0.2) is 19.7 Å². The number of aryl methyl sites for hydroxylation is 2. The Morgan fingerprint density at radius 2 is 2.19 bits per heavy atom. The zero-order valence-electron chi connectivity index (χ0n) is 11.9. The highest BCUT2D eigenvalue weighted by Crippen LogP contribution is 2.20. The summed E-state index contributed by atoms with van der Waals surface area (Å²) in [5.41, 5.74) is 1.91. The molecule has 0 aliphatic carbocycles. The summed E-state index contributed by atoms with van der Waals surface area (Å²) >= 11 is 5.99. The topological polar surface area (TPSA) is 68.8 Å². The molecule has 0 fully saturated rings. The third-order valence-corrected chi connectivity index (χ3v) is 3.50. The molecule has 3 aromatic rings. The van der Waals surface area contributed by atoms with Gasteiger partial charge in [0.15, 0.2) is 0 Å². The second-order valence-corrected chi connectivity index (χ2v) is 5.26. The van der Waals surface area contributed by atoms with Gasteiger partial charge in [-0.15, -0.1) is 5.10 Å². The summed E-state index contributed by atoms with van der Waals surface area (Å²) in [6.07, 6.45) is 1.77. The Labute approximate surface area is 127 Å². The maximum absolute atomic E-state index is 5.99. The van der Waals surface area contributed by atoms with E-state index in [0.29, 0.717) is 23.5 Å². The smallest absolute Gasteiger partial charge is 0.315 e. The van der Waals surface area contributed by atoms with Gasteiger partial charge in [-0.3, -0.25) is 0 Å². The first-order chi connectivity index (χ1) is 10.2. The number of nitrogens with zero attached hydrogens (tertiary/aromatic N) is 4. The van der Waals surface area contributed by atoms with Gasteiger partial charge in [0.25, 0.3) is 0 Å². The van der Waals surface area contributed by atoms with Crippen molar-refractivity contribution in [3.8, 4) is 0 Å². The summed E-state index contributed by atoms with van der Waals surface area (Å²) in [6.45, 7) is 2.58. The van der Waals surface area contributed by atoms with Gasteiger partial charge in [-0.05, 0) is 24.6 Å². The summed E-state index contributed by atoms with van der Waals surface area (Å²) < 4.78 is 7.50. The molecule has 0 radical (unpaired) electrons. The number of halogens is 1. The monoisotopic (exact) mass is 305 g/mol. The minimum absolute atomic E-state index is 0.420. The fourth-order valence-electron chi connectivity index (χ4n) is 2.18. The minimum atomic E-state index is 0.420. The van der Waals surface area contributed by atoms with Gasteiger partial charge in [0.2, 0.25) is 5.89 Å². The molecule has 7 heteroatoms. The van der Waals surface area contributed by atoms with Gasteiger partial charge in [-0.25, -0.2) is 4.98 Å². The number of benzene rings is 1. The average molecular weight is 306 g/mol. The van der Waals surface area contributed by atoms with E-state index >= 15 is 0 Å². The lowest BCUT2D eigenvalue weighted by Crippen LogP contribution is -2.06. The second kappa shape index (κ2) is 5.73. The molecular weight excluding hydrogens is 290 g/mol. The van der Waals surface area contributed by atoms with Gasteiger partial charge in [-0.2, -0.15) is 0 Å². The van der Waals surface area contributed by atoms with Gasteiger partial charge in [0, 0.05) is 18.5 Å². The van der Waals surface area contributed by atoms with Crippen LogP contribution in [0.4, 0.5) is 6.01 Å². The fourth-order valence-corrected chi connectivity index (χ4v) is 2.34. The number of hydrogen-bond acceptors (Lipinski definition) is 5. The zero-order valence-corrected chi connectivity index (χ0v) is 12.7. The third-order valence-electron chi connectivity index (χ3n) is 3.26. The Bertz CT molecular complexity index is 764. The molecule has 0 bridgehead atoms. The molecule has 21 heavy (non-hydrogen) atoms. The summed E-state index contributed by atoms with van der Waals surface area (Å²) in [7, 11) is 1.97. The largest absolute Gasteiger partial charge is 0.408 e. The van der Waals surface area contributed by atoms with Crippen molar-refractivity contribution in [2.24, 2.45) is 7.05 Å². The van der Waals surface area contributed by atoms with Crippen LogP contribution < -0.4 is 5.32 Å². The molecule has 0 aliphatic rings. The van der Waals surface area contributed by atoms with Crippen LogP contribution in [0.2, 0.25) is 5.02 Å². The molecule has 2 aromatic heterocycles. The normalized spacial score (nSPS) is 11.2. The van der Waals surface area contributed by atoms with Gasteiger partial charge in [0.1, 0.15) is 5.82 Å². The van der Waals surface area contributed by atoms with Gasteiger partial charge in [-0.1, -0.05) is 23.6 Å². The predicted molar refractivity (Wildman–Crippen MR) is 81.3 cm³/mol. The summed E-state index contributed by atoms with van der Waals surface area (Å²) in [6, 6.07) is 6.09. The summed E-state index contributed by atoms with van der Waals surface area (Å²) in [5.74, 6) is 1.53. The first-order valence-corrected chi connectivity index (χ1v) is 7.22. The second-order valence-electron chi connectivity index (χ2n) is 4.82. The van der Waals surface area contributed by atoms with Crippen LogP contribution in [0.1, 0.15) is 25.1 Å². The Kier molecular flexibility index (Phi) is 3.79. The van der Waals surface area contributed by atoms with Crippen LogP contribution in [0.25, 0.3) is 11.0 Å². The van der Waals surface area contributed by atoms with Crippen molar-refractivity contribution in [1.29, 1.82) is 0 Å². The molecule has 110 valence electrons. The number of rotatable bonds is 5. The van der Waals surface area contributed by atoms with Crippen molar-refractivity contribution in [2.75, 3.05) is 5.32 Å². The molecule has 0 amide bonds. The van der Waals surface area contributed by atoms with Crippen molar-refractivity contribution in [3.05, 3.63) is 34.9 Å². The fraction of sp³-hybridized carbons (Fsp3) is 0.357. The highest BCUT2D eigenvalue weighted by Gasteiger charge is 2.10. The van der Waals surface area contributed by atoms with E-state index in [0.717, 1.165) is 29.7 Å². The number of hydrogen-bond donors (Lipinski definition) is 1. The maximum atomic E-state index is 5.99. The molecule has 0 unspecified atom stereocenters. The zero-order chi connectivity index (χ0) is 14.8. The van der Waals surface area contributed by atoms with E-state index in [4.69, 9.17) is 16.0 Å². The van der Waals surface area contributed by atoms with Crippen molar-refractivity contribution >= 4 is 28.6 Å². The lowest BCUT2D eigenvalue weighted by atomic mass is 10.3. The Morgan fingerprint density at radius 1 is 1.33 bits per heavy atom. The molecule has 3 rings (SSSR count). The SMILES string of the molecule is CCCc1nnc(NCc2nc3cc(Cl)ccc3n2C)o1. The molecule has 0 spiro atoms. The number of imidazole rings is 1. The Morgan fingerprint density at radius 3 is 3.00 bits per heavy atom. The van der Waals surface area contributed by atoms with Gasteiger partial charge < -0.3 is 14.3 Å². The van der Waals surface area contributed by atoms with Crippen molar-refractivity contribution < 1.29 is 4.42 Å². The molecule has 6 nitrogen and oxygen atoms in total. The lowest BCUT2D eigenvalue weighted by molar-refractivity contribution is 0.500. The van der Waals surface area contributed by atoms with E-state index < -0.39 is 0 Å². The Balaban J connectivity index is 1.76. The van der Waals surface area contributed by atoms with E-state index in [1.54, 1.807) is 0 Å². The van der Waals surface area contributed by atoms with Crippen LogP contribution in [0, 0.1) is 0 Å². The molecule has 0 aliphatic heterocycles. The van der Waals surface area contributed by atoms with Gasteiger partial charge >= 0.3 is 6.01 Å². The number of anilines is 1. The van der Waals surface area contributed by atoms with E-state index in [-0.39, 0.29) is 0 Å². The van der Waals surface area contributed by atoms with E-state index in [1.807, 2.05) is 29.8 Å². The number of fused-ring (bicyclic) bond motifs is 1. The molecule has 1 aromatic carbocycles. The molecule has 1 N–H and O–H groups in total. The molecule has 0 saturated carbocycles. The van der Waals surface area contributed by atoms with Crippen LogP contribution >= 0.6 is 11.6 Å². The summed E-state index contributed by atoms with van der Waals surface area (Å²) in [5, 5.41) is 11.7. The van der Waals surface area contributed by atoms with E-state index in [2.05, 4.69) is 27.4 Å². The highest BCUT2D eigenvalue weighted by atomic mass is 35.5. The average Bonchev–Trinajstić information content (AvgIpc) is 3.02. The quantitative estimate of drug-likeness (QED) is 0.784. The van der Waals surface area contributed by atoms with Crippen LogP contribution in [0.15, 0.2) is 22.6 Å². The lowest BCUT2D eigenvalue weighted by Gasteiger charge is -2.02. The van der Waals surface area contributed by atoms with E-state index in [1.165, 1.54) is 0 Å². The first-order valence-electron chi connectivity index (χ1n) is 6.84. The molecule has 0 saturated heterocycles. The predicted octanol–water partition coefficient (Wildman–Crippen LogP) is 3.17. The van der Waals surface area contributed by atoms with Crippen LogP contribution in [0.5, 0.6) is 0 Å². The summed E-state index contributed by atoms with van der Waals surface area (Å²) in [4.78, 5) is 4.56. The minimum Gasteiger partial charge on any atom is -0.408 e.